The lowest BCUT2D eigenvalue weighted by Crippen LogP contribution is -2.56. The van der Waals surface area contributed by atoms with Crippen molar-refractivity contribution >= 4 is 40.8 Å². The normalized spacial score (nSPS) is 21.3. The van der Waals surface area contributed by atoms with E-state index in [9.17, 15) is 18.8 Å². The zero-order valence-corrected chi connectivity index (χ0v) is 16.4. The summed E-state index contributed by atoms with van der Waals surface area (Å²) in [6.07, 6.45) is 0.119. The predicted molar refractivity (Wildman–Crippen MR) is 106 cm³/mol. The van der Waals surface area contributed by atoms with Gasteiger partial charge in [0, 0.05) is 31.7 Å². The number of nitrogens with one attached hydrogen (secondary N) is 3. The number of hydrogen-bond donors (Lipinski definition) is 4. The van der Waals surface area contributed by atoms with Gasteiger partial charge in [0.15, 0.2) is 4.99 Å². The maximum atomic E-state index is 12.9. The van der Waals surface area contributed by atoms with E-state index in [0.717, 1.165) is 0 Å². The summed E-state index contributed by atoms with van der Waals surface area (Å²) in [5.41, 5.74) is 0.385. The molecule has 152 valence electrons. The Labute approximate surface area is 167 Å². The number of benzene rings is 1. The minimum Gasteiger partial charge on any atom is -0.465 e. The van der Waals surface area contributed by atoms with Crippen molar-refractivity contribution in [3.05, 3.63) is 30.1 Å². The van der Waals surface area contributed by atoms with Crippen LogP contribution in [0.5, 0.6) is 0 Å². The molecule has 2 rings (SSSR count). The van der Waals surface area contributed by atoms with Crippen LogP contribution in [-0.2, 0) is 9.59 Å². The van der Waals surface area contributed by atoms with E-state index in [0.29, 0.717) is 24.9 Å². The first-order valence-electron chi connectivity index (χ1n) is 8.75. The van der Waals surface area contributed by atoms with Crippen LogP contribution in [0.25, 0.3) is 0 Å². The van der Waals surface area contributed by atoms with Gasteiger partial charge in [0.25, 0.3) is 5.91 Å². The number of rotatable bonds is 4. The number of thiocarbonyl (C=S) groups is 1. The monoisotopic (exact) mass is 410 g/mol. The quantitative estimate of drug-likeness (QED) is 0.561. The SMILES string of the molecule is CN(C)C(=O)[C@H]1CC[C@H](NC(=S)C(=O)Nc2ccc(F)cc2)[C@H](NC(=O)O)C1. The van der Waals surface area contributed by atoms with Crippen molar-refractivity contribution in [1.29, 1.82) is 0 Å². The summed E-state index contributed by atoms with van der Waals surface area (Å²) in [5.74, 6) is -1.37. The molecule has 1 saturated carbocycles. The van der Waals surface area contributed by atoms with Gasteiger partial charge in [-0.25, -0.2) is 9.18 Å². The third kappa shape index (κ3) is 5.88. The van der Waals surface area contributed by atoms with E-state index in [4.69, 9.17) is 17.3 Å². The fourth-order valence-electron chi connectivity index (χ4n) is 3.21. The van der Waals surface area contributed by atoms with E-state index >= 15 is 0 Å². The van der Waals surface area contributed by atoms with Crippen LogP contribution < -0.4 is 16.0 Å². The minimum absolute atomic E-state index is 0.0627. The van der Waals surface area contributed by atoms with Crippen LogP contribution >= 0.6 is 12.2 Å². The Morgan fingerprint density at radius 1 is 1.11 bits per heavy atom. The van der Waals surface area contributed by atoms with Gasteiger partial charge in [-0.15, -0.1) is 0 Å². The summed E-state index contributed by atoms with van der Waals surface area (Å²) >= 11 is 5.12. The van der Waals surface area contributed by atoms with Crippen LogP contribution in [0.4, 0.5) is 14.9 Å². The molecule has 28 heavy (non-hydrogen) atoms. The molecule has 0 spiro atoms. The van der Waals surface area contributed by atoms with Gasteiger partial charge in [-0.2, -0.15) is 0 Å². The van der Waals surface area contributed by atoms with Gasteiger partial charge in [0.1, 0.15) is 5.82 Å². The highest BCUT2D eigenvalue weighted by Crippen LogP contribution is 2.26. The molecule has 3 atom stereocenters. The number of anilines is 1. The number of carbonyl (C=O) groups is 3. The predicted octanol–water partition coefficient (Wildman–Crippen LogP) is 1.57. The molecule has 8 nitrogen and oxygen atoms in total. The van der Waals surface area contributed by atoms with Gasteiger partial charge in [-0.3, -0.25) is 9.59 Å². The second-order valence-corrected chi connectivity index (χ2v) is 7.25. The average Bonchev–Trinajstić information content (AvgIpc) is 2.63. The number of carbonyl (C=O) groups excluding carboxylic acids is 2. The fourth-order valence-corrected chi connectivity index (χ4v) is 3.41. The summed E-state index contributed by atoms with van der Waals surface area (Å²) in [7, 11) is 3.31. The highest BCUT2D eigenvalue weighted by Gasteiger charge is 2.36. The maximum absolute atomic E-state index is 12.9. The van der Waals surface area contributed by atoms with Crippen LogP contribution in [0.3, 0.4) is 0 Å². The lowest BCUT2D eigenvalue weighted by molar-refractivity contribution is -0.134. The molecule has 0 unspecified atom stereocenters. The topological polar surface area (TPSA) is 111 Å². The zero-order chi connectivity index (χ0) is 20.8. The van der Waals surface area contributed by atoms with Crippen molar-refractivity contribution in [2.45, 2.75) is 31.3 Å². The van der Waals surface area contributed by atoms with Gasteiger partial charge >= 0.3 is 6.09 Å². The summed E-state index contributed by atoms with van der Waals surface area (Å²) in [6.45, 7) is 0. The first-order valence-corrected chi connectivity index (χ1v) is 9.16. The highest BCUT2D eigenvalue weighted by molar-refractivity contribution is 7.82. The van der Waals surface area contributed by atoms with Gasteiger partial charge in [0.05, 0.1) is 6.04 Å². The third-order valence-electron chi connectivity index (χ3n) is 4.57. The minimum atomic E-state index is -1.21. The summed E-state index contributed by atoms with van der Waals surface area (Å²) in [6, 6.07) is 4.24. The van der Waals surface area contributed by atoms with Crippen LogP contribution in [0.2, 0.25) is 0 Å². The Bertz CT molecular complexity index is 756. The molecule has 10 heteroatoms. The largest absolute Gasteiger partial charge is 0.465 e. The molecule has 0 saturated heterocycles. The Kier molecular flexibility index (Phi) is 7.27. The molecular weight excluding hydrogens is 387 g/mol. The number of nitrogens with zero attached hydrogens (tertiary/aromatic N) is 1. The average molecular weight is 410 g/mol. The summed E-state index contributed by atoms with van der Waals surface area (Å²) in [5, 5.41) is 16.9. The van der Waals surface area contributed by atoms with E-state index in [1.54, 1.807) is 14.1 Å². The van der Waals surface area contributed by atoms with Crippen molar-refractivity contribution < 1.29 is 23.9 Å². The molecule has 0 aromatic heterocycles. The molecule has 1 fully saturated rings. The second-order valence-electron chi connectivity index (χ2n) is 6.84. The summed E-state index contributed by atoms with van der Waals surface area (Å²) in [4.78, 5) is 37.0. The Morgan fingerprint density at radius 2 is 1.75 bits per heavy atom. The Hall–Kier alpha value is -2.75. The second kappa shape index (κ2) is 9.45. The fraction of sp³-hybridized carbons (Fsp3) is 0.444. The maximum Gasteiger partial charge on any atom is 0.404 e. The van der Waals surface area contributed by atoms with Crippen LogP contribution in [-0.4, -0.2) is 59.1 Å². The molecule has 1 aromatic rings. The van der Waals surface area contributed by atoms with E-state index < -0.39 is 29.9 Å². The summed E-state index contributed by atoms with van der Waals surface area (Å²) < 4.78 is 12.9. The van der Waals surface area contributed by atoms with E-state index in [-0.39, 0.29) is 16.8 Å². The number of hydrogen-bond acceptors (Lipinski definition) is 4. The molecule has 1 aromatic carbocycles. The first kappa shape index (κ1) is 21.5. The Balaban J connectivity index is 2.00. The van der Waals surface area contributed by atoms with Crippen molar-refractivity contribution in [2.24, 2.45) is 5.92 Å². The van der Waals surface area contributed by atoms with Gasteiger partial charge in [0.2, 0.25) is 5.91 Å². The standard InChI is InChI=1S/C18H23FN4O4S/c1-23(2)17(25)10-3-8-13(14(9-10)22-18(26)27)21-16(28)15(24)20-12-6-4-11(19)5-7-12/h4-7,10,13-14,22H,3,8-9H2,1-2H3,(H,20,24)(H,21,28)(H,26,27)/t10-,13-,14+/m0/s1. The van der Waals surface area contributed by atoms with E-state index in [1.165, 1.54) is 29.2 Å². The van der Waals surface area contributed by atoms with Gasteiger partial charge < -0.3 is 26.0 Å². The molecule has 1 aliphatic rings. The van der Waals surface area contributed by atoms with Crippen molar-refractivity contribution in [3.63, 3.8) is 0 Å². The molecule has 1 aliphatic carbocycles. The molecule has 0 bridgehead atoms. The number of carboxylic acid groups (broad SMARTS) is 1. The highest BCUT2D eigenvalue weighted by atomic mass is 32.1. The molecule has 3 amide bonds. The lowest BCUT2D eigenvalue weighted by atomic mass is 9.81. The number of halogens is 1. The zero-order valence-electron chi connectivity index (χ0n) is 15.6. The van der Waals surface area contributed by atoms with Crippen molar-refractivity contribution in [2.75, 3.05) is 19.4 Å². The van der Waals surface area contributed by atoms with Crippen molar-refractivity contribution in [1.82, 2.24) is 15.5 Å². The Morgan fingerprint density at radius 3 is 2.32 bits per heavy atom. The van der Waals surface area contributed by atoms with Crippen molar-refractivity contribution in [3.8, 4) is 0 Å². The molecule has 0 radical (unpaired) electrons. The molecular formula is C18H23FN4O4S. The van der Waals surface area contributed by atoms with Gasteiger partial charge in [-0.05, 0) is 43.5 Å². The van der Waals surface area contributed by atoms with Crippen LogP contribution in [0.1, 0.15) is 19.3 Å². The van der Waals surface area contributed by atoms with E-state index in [2.05, 4.69) is 16.0 Å². The molecule has 0 aliphatic heterocycles. The number of amides is 3. The van der Waals surface area contributed by atoms with E-state index in [1.807, 2.05) is 0 Å². The molecule has 0 heterocycles. The third-order valence-corrected chi connectivity index (χ3v) is 4.88. The smallest absolute Gasteiger partial charge is 0.404 e. The van der Waals surface area contributed by atoms with Crippen LogP contribution in [0, 0.1) is 11.7 Å². The lowest BCUT2D eigenvalue weighted by Gasteiger charge is -2.37. The van der Waals surface area contributed by atoms with Crippen LogP contribution in [0.15, 0.2) is 24.3 Å². The first-order chi connectivity index (χ1) is 13.2. The van der Waals surface area contributed by atoms with Gasteiger partial charge in [-0.1, -0.05) is 12.2 Å². The molecule has 4 N–H and O–H groups in total.